The van der Waals surface area contributed by atoms with Gasteiger partial charge >= 0.3 is 0 Å². The first kappa shape index (κ1) is 18.6. The second-order valence-corrected chi connectivity index (χ2v) is 8.53. The molecule has 5 heteroatoms. The smallest absolute Gasteiger partial charge is 0.187 e. The average Bonchev–Trinajstić information content (AvgIpc) is 3.36. The highest BCUT2D eigenvalue weighted by molar-refractivity contribution is 7.14. The molecule has 2 aromatic heterocycles. The third kappa shape index (κ3) is 3.60. The lowest BCUT2D eigenvalue weighted by Gasteiger charge is -2.06. The van der Waals surface area contributed by atoms with Crippen molar-refractivity contribution in [3.63, 3.8) is 0 Å². The molecular weight excluding hydrogens is 388 g/mol. The van der Waals surface area contributed by atoms with Crippen molar-refractivity contribution in [3.8, 4) is 22.6 Å². The Kier molecular flexibility index (Phi) is 4.60. The number of H-pyrrole nitrogens is 1. The van der Waals surface area contributed by atoms with Gasteiger partial charge in [0.2, 0.25) is 0 Å². The molecule has 2 N–H and O–H groups in total. The summed E-state index contributed by atoms with van der Waals surface area (Å²) in [5.41, 5.74) is 9.84. The van der Waals surface area contributed by atoms with E-state index in [-0.39, 0.29) is 0 Å². The van der Waals surface area contributed by atoms with E-state index in [1.165, 1.54) is 11.1 Å². The second kappa shape index (κ2) is 7.43. The molecule has 0 unspecified atom stereocenters. The largest absolute Gasteiger partial charge is 0.338 e. The molecule has 0 fully saturated rings. The number of benzene rings is 3. The van der Waals surface area contributed by atoms with Crippen molar-refractivity contribution in [3.05, 3.63) is 82.7 Å². The normalized spacial score (nSPS) is 11.2. The fourth-order valence-corrected chi connectivity index (χ4v) is 4.26. The lowest BCUT2D eigenvalue weighted by molar-refractivity contribution is 1.32. The average molecular weight is 411 g/mol. The van der Waals surface area contributed by atoms with Gasteiger partial charge in [0, 0.05) is 22.2 Å². The zero-order valence-corrected chi connectivity index (χ0v) is 18.0. The van der Waals surface area contributed by atoms with Crippen LogP contribution in [0.1, 0.15) is 16.7 Å². The van der Waals surface area contributed by atoms with Gasteiger partial charge in [-0.25, -0.2) is 9.97 Å². The quantitative estimate of drug-likeness (QED) is 0.335. The van der Waals surface area contributed by atoms with E-state index in [0.29, 0.717) is 0 Å². The molecule has 0 aliphatic heterocycles. The van der Waals surface area contributed by atoms with Crippen molar-refractivity contribution in [2.75, 3.05) is 5.32 Å². The number of aryl methyl sites for hydroxylation is 3. The summed E-state index contributed by atoms with van der Waals surface area (Å²) in [5, 5.41) is 6.44. The van der Waals surface area contributed by atoms with E-state index >= 15 is 0 Å². The third-order valence-electron chi connectivity index (χ3n) is 5.21. The minimum Gasteiger partial charge on any atom is -0.338 e. The molecular formula is C25H22N4S. The first-order valence-electron chi connectivity index (χ1n) is 9.92. The summed E-state index contributed by atoms with van der Waals surface area (Å²) in [6.07, 6.45) is 0. The number of imidazole rings is 1. The van der Waals surface area contributed by atoms with Crippen LogP contribution in [0.3, 0.4) is 0 Å². The number of nitrogens with one attached hydrogen (secondary N) is 2. The number of anilines is 2. The molecule has 0 bridgehead atoms. The van der Waals surface area contributed by atoms with Crippen molar-refractivity contribution in [1.29, 1.82) is 0 Å². The molecule has 0 saturated carbocycles. The predicted octanol–water partition coefficient (Wildman–Crippen LogP) is 7.02. The number of hydrogen-bond donors (Lipinski definition) is 2. The van der Waals surface area contributed by atoms with E-state index in [0.717, 1.165) is 50.1 Å². The van der Waals surface area contributed by atoms with E-state index in [1.807, 2.05) is 0 Å². The van der Waals surface area contributed by atoms with Crippen molar-refractivity contribution in [2.24, 2.45) is 0 Å². The van der Waals surface area contributed by atoms with Gasteiger partial charge in [-0.05, 0) is 44.5 Å². The summed E-state index contributed by atoms with van der Waals surface area (Å²) in [4.78, 5) is 13.0. The van der Waals surface area contributed by atoms with Gasteiger partial charge < -0.3 is 10.3 Å². The van der Waals surface area contributed by atoms with Crippen LogP contribution in [0.15, 0.2) is 66.0 Å². The molecule has 0 aliphatic carbocycles. The molecule has 0 spiro atoms. The van der Waals surface area contributed by atoms with Gasteiger partial charge in [0.15, 0.2) is 5.13 Å². The Labute approximate surface area is 179 Å². The van der Waals surface area contributed by atoms with E-state index < -0.39 is 0 Å². The fraction of sp³-hybridized carbons (Fsp3) is 0.120. The van der Waals surface area contributed by atoms with E-state index in [4.69, 9.17) is 9.97 Å². The molecule has 5 aromatic rings. The molecule has 0 amide bonds. The molecule has 5 rings (SSSR count). The number of rotatable bonds is 4. The maximum absolute atomic E-state index is 4.82. The molecule has 148 valence electrons. The lowest BCUT2D eigenvalue weighted by atomic mass is 10.1. The number of fused-ring (bicyclic) bond motifs is 1. The molecule has 3 aromatic carbocycles. The van der Waals surface area contributed by atoms with Crippen molar-refractivity contribution < 1.29 is 0 Å². The lowest BCUT2D eigenvalue weighted by Crippen LogP contribution is -1.93. The van der Waals surface area contributed by atoms with Gasteiger partial charge in [-0.1, -0.05) is 53.6 Å². The summed E-state index contributed by atoms with van der Waals surface area (Å²) in [5.74, 6) is 0.890. The maximum Gasteiger partial charge on any atom is 0.187 e. The van der Waals surface area contributed by atoms with Crippen LogP contribution in [-0.4, -0.2) is 15.0 Å². The van der Waals surface area contributed by atoms with Gasteiger partial charge in [-0.3, -0.25) is 0 Å². The summed E-state index contributed by atoms with van der Waals surface area (Å²) < 4.78 is 0. The maximum atomic E-state index is 4.82. The number of hydrogen-bond acceptors (Lipinski definition) is 4. The zero-order valence-electron chi connectivity index (χ0n) is 17.2. The zero-order chi connectivity index (χ0) is 20.7. The van der Waals surface area contributed by atoms with Crippen LogP contribution in [0, 0.1) is 20.8 Å². The second-order valence-electron chi connectivity index (χ2n) is 7.67. The standard InChI is InChI=1S/C25H22N4S/c1-15-7-9-18(10-8-15)23-14-30-25(29-23)28-20-13-22-21(12-17(20)3)26-24(27-22)19-6-4-5-16(2)11-19/h4-14H,1-3H3,(H,26,27)(H,28,29). The molecule has 0 radical (unpaired) electrons. The van der Waals surface area contributed by atoms with Crippen LogP contribution in [0.5, 0.6) is 0 Å². The van der Waals surface area contributed by atoms with Gasteiger partial charge in [-0.15, -0.1) is 11.3 Å². The topological polar surface area (TPSA) is 53.6 Å². The molecule has 0 aliphatic rings. The molecule has 4 nitrogen and oxygen atoms in total. The Morgan fingerprint density at radius 3 is 2.47 bits per heavy atom. The third-order valence-corrected chi connectivity index (χ3v) is 5.97. The van der Waals surface area contributed by atoms with Crippen LogP contribution in [0.25, 0.3) is 33.7 Å². The minimum absolute atomic E-state index is 0.877. The predicted molar refractivity (Wildman–Crippen MR) is 127 cm³/mol. The van der Waals surface area contributed by atoms with E-state index in [2.05, 4.69) is 97.1 Å². The van der Waals surface area contributed by atoms with Gasteiger partial charge in [-0.2, -0.15) is 0 Å². The monoisotopic (exact) mass is 410 g/mol. The van der Waals surface area contributed by atoms with Crippen LogP contribution in [0.2, 0.25) is 0 Å². The minimum atomic E-state index is 0.877. The number of aromatic nitrogens is 3. The number of nitrogens with zero attached hydrogens (tertiary/aromatic N) is 2. The number of thiazole rings is 1. The Balaban J connectivity index is 1.45. The first-order valence-corrected chi connectivity index (χ1v) is 10.8. The van der Waals surface area contributed by atoms with Crippen molar-refractivity contribution >= 4 is 33.2 Å². The molecule has 0 saturated heterocycles. The highest BCUT2D eigenvalue weighted by Gasteiger charge is 2.11. The highest BCUT2D eigenvalue weighted by atomic mass is 32.1. The highest BCUT2D eigenvalue weighted by Crippen LogP contribution is 2.31. The Hall–Kier alpha value is -3.44. The van der Waals surface area contributed by atoms with Crippen LogP contribution >= 0.6 is 11.3 Å². The van der Waals surface area contributed by atoms with Gasteiger partial charge in [0.1, 0.15) is 5.82 Å². The van der Waals surface area contributed by atoms with E-state index in [9.17, 15) is 0 Å². The van der Waals surface area contributed by atoms with Crippen molar-refractivity contribution in [1.82, 2.24) is 15.0 Å². The Morgan fingerprint density at radius 1 is 0.833 bits per heavy atom. The number of aromatic amines is 1. The molecule has 2 heterocycles. The van der Waals surface area contributed by atoms with Crippen molar-refractivity contribution in [2.45, 2.75) is 20.8 Å². The van der Waals surface area contributed by atoms with Gasteiger partial charge in [0.05, 0.1) is 16.7 Å². The summed E-state index contributed by atoms with van der Waals surface area (Å²) in [7, 11) is 0. The van der Waals surface area contributed by atoms with Crippen LogP contribution in [-0.2, 0) is 0 Å². The van der Waals surface area contributed by atoms with Crippen LogP contribution < -0.4 is 5.32 Å². The molecule has 0 atom stereocenters. The summed E-state index contributed by atoms with van der Waals surface area (Å²) >= 11 is 1.61. The molecule has 30 heavy (non-hydrogen) atoms. The van der Waals surface area contributed by atoms with Gasteiger partial charge in [0.25, 0.3) is 0 Å². The van der Waals surface area contributed by atoms with Crippen LogP contribution in [0.4, 0.5) is 10.8 Å². The Morgan fingerprint density at radius 2 is 1.67 bits per heavy atom. The SMILES string of the molecule is Cc1ccc(-c2csc(Nc3cc4nc(-c5cccc(C)c5)[nH]c4cc3C)n2)cc1. The summed E-state index contributed by atoms with van der Waals surface area (Å²) in [6, 6.07) is 21.1. The first-order chi connectivity index (χ1) is 14.5. The summed E-state index contributed by atoms with van der Waals surface area (Å²) in [6.45, 7) is 6.29. The van der Waals surface area contributed by atoms with E-state index in [1.54, 1.807) is 11.3 Å². The fourth-order valence-electron chi connectivity index (χ4n) is 3.53. The Bertz CT molecular complexity index is 1350.